The summed E-state index contributed by atoms with van der Waals surface area (Å²) in [5, 5.41) is 11.1. The molecule has 0 bridgehead atoms. The minimum absolute atomic E-state index is 0.0155. The van der Waals surface area contributed by atoms with Crippen molar-refractivity contribution in [3.63, 3.8) is 0 Å². The molecule has 0 heterocycles. The Hall–Kier alpha value is -1.14. The molecule has 6 heteroatoms. The first kappa shape index (κ1) is 14.3. The highest BCUT2D eigenvalue weighted by Crippen LogP contribution is 2.36. The van der Waals surface area contributed by atoms with Gasteiger partial charge in [0.05, 0.1) is 11.0 Å². The van der Waals surface area contributed by atoms with E-state index in [2.05, 4.69) is 15.9 Å². The number of benzene rings is 1. The lowest BCUT2D eigenvalue weighted by Gasteiger charge is -2.27. The number of nitrogens with two attached hydrogens (primary N) is 1. The number of hydrogen-bond acceptors (Lipinski definition) is 4. The quantitative estimate of drug-likeness (QED) is 0.681. The van der Waals surface area contributed by atoms with Gasteiger partial charge in [-0.3, -0.25) is 10.1 Å². The molecular weight excluding hydrogens is 312 g/mol. The van der Waals surface area contributed by atoms with Crippen molar-refractivity contribution in [3.8, 4) is 5.75 Å². The van der Waals surface area contributed by atoms with E-state index in [0.29, 0.717) is 10.2 Å². The van der Waals surface area contributed by atoms with Crippen molar-refractivity contribution in [2.75, 3.05) is 0 Å². The standard InChI is InChI=1S/C13H17BrN2O3/c1-8-6-9(14)7-12(16(17)18)13(8)19-11-4-2-10(15)3-5-11/h6-7,10-11H,2-5,15H2,1H3. The van der Waals surface area contributed by atoms with Crippen molar-refractivity contribution in [2.24, 2.45) is 5.73 Å². The first-order valence-electron chi connectivity index (χ1n) is 6.34. The van der Waals surface area contributed by atoms with Crippen LogP contribution in [0.25, 0.3) is 0 Å². The summed E-state index contributed by atoms with van der Waals surface area (Å²) < 4.78 is 6.55. The van der Waals surface area contributed by atoms with E-state index in [4.69, 9.17) is 10.5 Å². The third-order valence-corrected chi connectivity index (χ3v) is 3.88. The lowest BCUT2D eigenvalue weighted by Crippen LogP contribution is -2.31. The highest BCUT2D eigenvalue weighted by atomic mass is 79.9. The Labute approximate surface area is 120 Å². The zero-order chi connectivity index (χ0) is 14.0. The molecule has 0 radical (unpaired) electrons. The summed E-state index contributed by atoms with van der Waals surface area (Å²) in [5.41, 5.74) is 6.64. The second kappa shape index (κ2) is 5.88. The second-order valence-corrected chi connectivity index (χ2v) is 5.90. The number of ether oxygens (including phenoxy) is 1. The van der Waals surface area contributed by atoms with E-state index < -0.39 is 4.92 Å². The van der Waals surface area contributed by atoms with E-state index >= 15 is 0 Å². The summed E-state index contributed by atoms with van der Waals surface area (Å²) in [5.74, 6) is 0.383. The van der Waals surface area contributed by atoms with Gasteiger partial charge >= 0.3 is 5.69 Å². The zero-order valence-corrected chi connectivity index (χ0v) is 12.4. The molecule has 0 unspecified atom stereocenters. The smallest absolute Gasteiger partial charge is 0.312 e. The third-order valence-electron chi connectivity index (χ3n) is 3.42. The molecule has 2 rings (SSSR count). The van der Waals surface area contributed by atoms with Crippen LogP contribution in [0.15, 0.2) is 16.6 Å². The predicted molar refractivity (Wildman–Crippen MR) is 76.4 cm³/mol. The van der Waals surface area contributed by atoms with Crippen LogP contribution >= 0.6 is 15.9 Å². The van der Waals surface area contributed by atoms with E-state index in [1.165, 1.54) is 6.07 Å². The number of rotatable bonds is 3. The van der Waals surface area contributed by atoms with Gasteiger partial charge in [-0.25, -0.2) is 0 Å². The minimum atomic E-state index is -0.401. The second-order valence-electron chi connectivity index (χ2n) is 4.98. The van der Waals surface area contributed by atoms with Crippen molar-refractivity contribution in [2.45, 2.75) is 44.8 Å². The summed E-state index contributed by atoms with van der Waals surface area (Å²) in [6.07, 6.45) is 3.56. The number of aryl methyl sites for hydroxylation is 1. The fraction of sp³-hybridized carbons (Fsp3) is 0.538. The maximum absolute atomic E-state index is 11.1. The van der Waals surface area contributed by atoms with Crippen molar-refractivity contribution in [1.29, 1.82) is 0 Å². The lowest BCUT2D eigenvalue weighted by atomic mass is 9.93. The van der Waals surface area contributed by atoms with Crippen LogP contribution in [0.1, 0.15) is 31.2 Å². The van der Waals surface area contributed by atoms with E-state index in [9.17, 15) is 10.1 Å². The van der Waals surface area contributed by atoms with Gasteiger partial charge in [0.2, 0.25) is 0 Å². The maximum Gasteiger partial charge on any atom is 0.312 e. The van der Waals surface area contributed by atoms with Crippen molar-refractivity contribution in [3.05, 3.63) is 32.3 Å². The Morgan fingerprint density at radius 2 is 2.00 bits per heavy atom. The average Bonchev–Trinajstić information content (AvgIpc) is 2.34. The zero-order valence-electron chi connectivity index (χ0n) is 10.8. The SMILES string of the molecule is Cc1cc(Br)cc([N+](=O)[O-])c1OC1CCC(N)CC1. The molecular formula is C13H17BrN2O3. The molecule has 0 aromatic heterocycles. The van der Waals surface area contributed by atoms with Crippen LogP contribution in [0.3, 0.4) is 0 Å². The van der Waals surface area contributed by atoms with Crippen LogP contribution in [-0.4, -0.2) is 17.1 Å². The maximum atomic E-state index is 11.1. The van der Waals surface area contributed by atoms with Gasteiger partial charge in [-0.15, -0.1) is 0 Å². The first-order valence-corrected chi connectivity index (χ1v) is 7.13. The van der Waals surface area contributed by atoms with Crippen LogP contribution < -0.4 is 10.5 Å². The Morgan fingerprint density at radius 1 is 1.37 bits per heavy atom. The van der Waals surface area contributed by atoms with Crippen molar-refractivity contribution in [1.82, 2.24) is 0 Å². The molecule has 0 atom stereocenters. The molecule has 0 spiro atoms. The summed E-state index contributed by atoms with van der Waals surface area (Å²) in [6, 6.07) is 3.55. The molecule has 0 amide bonds. The fourth-order valence-corrected chi connectivity index (χ4v) is 2.93. The van der Waals surface area contributed by atoms with Crippen LogP contribution in [0.4, 0.5) is 5.69 Å². The molecule has 2 N–H and O–H groups in total. The van der Waals surface area contributed by atoms with Gasteiger partial charge in [0.15, 0.2) is 5.75 Å². The molecule has 0 saturated heterocycles. The summed E-state index contributed by atoms with van der Waals surface area (Å²) >= 11 is 3.27. The van der Waals surface area contributed by atoms with Crippen LogP contribution in [0.2, 0.25) is 0 Å². The summed E-state index contributed by atoms with van der Waals surface area (Å²) in [4.78, 5) is 10.7. The normalized spacial score (nSPS) is 23.1. The molecule has 1 saturated carbocycles. The number of nitro groups is 1. The number of nitrogens with zero attached hydrogens (tertiary/aromatic N) is 1. The molecule has 1 aliphatic carbocycles. The van der Waals surface area contributed by atoms with Gasteiger partial charge in [0.25, 0.3) is 0 Å². The van der Waals surface area contributed by atoms with Crippen molar-refractivity contribution >= 4 is 21.6 Å². The van der Waals surface area contributed by atoms with E-state index in [1.54, 1.807) is 0 Å². The molecule has 0 aliphatic heterocycles. The van der Waals surface area contributed by atoms with Crippen LogP contribution in [-0.2, 0) is 0 Å². The van der Waals surface area contributed by atoms with Crippen LogP contribution in [0, 0.1) is 17.0 Å². The van der Waals surface area contributed by atoms with Crippen molar-refractivity contribution < 1.29 is 9.66 Å². The average molecular weight is 329 g/mol. The Bertz CT molecular complexity index is 485. The predicted octanol–water partition coefficient (Wildman–Crippen LogP) is 3.31. The molecule has 1 aromatic carbocycles. The minimum Gasteiger partial charge on any atom is -0.483 e. The Morgan fingerprint density at radius 3 is 2.58 bits per heavy atom. The Balaban J connectivity index is 2.21. The third kappa shape index (κ3) is 3.45. The van der Waals surface area contributed by atoms with Gasteiger partial charge in [-0.1, -0.05) is 15.9 Å². The van der Waals surface area contributed by atoms with E-state index in [1.807, 2.05) is 13.0 Å². The van der Waals surface area contributed by atoms with Gasteiger partial charge in [-0.05, 0) is 44.2 Å². The molecule has 1 aliphatic rings. The lowest BCUT2D eigenvalue weighted by molar-refractivity contribution is -0.386. The highest BCUT2D eigenvalue weighted by Gasteiger charge is 2.25. The van der Waals surface area contributed by atoms with E-state index in [0.717, 1.165) is 31.2 Å². The van der Waals surface area contributed by atoms with Crippen LogP contribution in [0.5, 0.6) is 5.75 Å². The highest BCUT2D eigenvalue weighted by molar-refractivity contribution is 9.10. The number of nitro benzene ring substituents is 1. The van der Waals surface area contributed by atoms with Gasteiger partial charge in [0, 0.05) is 16.6 Å². The fourth-order valence-electron chi connectivity index (χ4n) is 2.37. The Kier molecular flexibility index (Phi) is 4.42. The van der Waals surface area contributed by atoms with Gasteiger partial charge in [0.1, 0.15) is 0 Å². The topological polar surface area (TPSA) is 78.4 Å². The molecule has 5 nitrogen and oxygen atoms in total. The van der Waals surface area contributed by atoms with Gasteiger partial charge in [-0.2, -0.15) is 0 Å². The molecule has 1 fully saturated rings. The molecule has 19 heavy (non-hydrogen) atoms. The monoisotopic (exact) mass is 328 g/mol. The molecule has 1 aromatic rings. The first-order chi connectivity index (χ1) is 8.97. The van der Waals surface area contributed by atoms with E-state index in [-0.39, 0.29) is 17.8 Å². The van der Waals surface area contributed by atoms with Gasteiger partial charge < -0.3 is 10.5 Å². The summed E-state index contributed by atoms with van der Waals surface area (Å²) in [7, 11) is 0. The number of hydrogen-bond donors (Lipinski definition) is 1. The molecule has 104 valence electrons. The summed E-state index contributed by atoms with van der Waals surface area (Å²) in [6.45, 7) is 1.82. The largest absolute Gasteiger partial charge is 0.483 e. The number of halogens is 1.